The summed E-state index contributed by atoms with van der Waals surface area (Å²) >= 11 is 0. The first kappa shape index (κ1) is 10.8. The van der Waals surface area contributed by atoms with Crippen molar-refractivity contribution >= 4 is 12.0 Å². The van der Waals surface area contributed by atoms with Gasteiger partial charge in [-0.2, -0.15) is 0 Å². The number of nitrogens with two attached hydrogens (primary N) is 1. The first-order valence-corrected chi connectivity index (χ1v) is 4.38. The fourth-order valence-corrected chi connectivity index (χ4v) is 1.33. The second-order valence-corrected chi connectivity index (χ2v) is 3.24. The van der Waals surface area contributed by atoms with Crippen LogP contribution in [0.15, 0.2) is 0 Å². The van der Waals surface area contributed by atoms with Crippen LogP contribution in [0.1, 0.15) is 0 Å². The number of likely N-dealkylation sites (N-methyl/N-ethyl adjacent to an activating group) is 1. The normalized spacial score (nSPS) is 16.1. The minimum atomic E-state index is -0.352. The Morgan fingerprint density at radius 2 is 2.14 bits per heavy atom. The summed E-state index contributed by atoms with van der Waals surface area (Å²) in [7, 11) is 3.03. The molecular weight excluding hydrogens is 186 g/mol. The maximum absolute atomic E-state index is 11.2. The van der Waals surface area contributed by atoms with Gasteiger partial charge < -0.3 is 20.3 Å². The largest absolute Gasteiger partial charge is 0.453 e. The van der Waals surface area contributed by atoms with Crippen LogP contribution in [0.25, 0.3) is 0 Å². The lowest BCUT2D eigenvalue weighted by molar-refractivity contribution is -0.133. The molecule has 1 saturated heterocycles. The molecule has 2 N–H and O–H groups in total. The molecule has 0 spiro atoms. The second-order valence-electron chi connectivity index (χ2n) is 3.24. The summed E-state index contributed by atoms with van der Waals surface area (Å²) in [5.74, 6) is -0.112. The number of likely N-dealkylation sites (tertiary alicyclic amines) is 1. The lowest BCUT2D eigenvalue weighted by Crippen LogP contribution is -2.61. The van der Waals surface area contributed by atoms with Crippen molar-refractivity contribution in [2.45, 2.75) is 6.04 Å². The van der Waals surface area contributed by atoms with E-state index in [1.807, 2.05) is 0 Å². The van der Waals surface area contributed by atoms with E-state index in [2.05, 4.69) is 4.74 Å². The van der Waals surface area contributed by atoms with Gasteiger partial charge >= 0.3 is 6.09 Å². The van der Waals surface area contributed by atoms with Gasteiger partial charge in [-0.3, -0.25) is 4.79 Å². The number of rotatable bonds is 2. The van der Waals surface area contributed by atoms with E-state index in [0.717, 1.165) is 0 Å². The quantitative estimate of drug-likeness (QED) is 0.612. The smallest absolute Gasteiger partial charge is 0.409 e. The summed E-state index contributed by atoms with van der Waals surface area (Å²) in [6.45, 7) is 1.05. The van der Waals surface area contributed by atoms with Crippen molar-refractivity contribution in [3.05, 3.63) is 0 Å². The lowest BCUT2D eigenvalue weighted by Gasteiger charge is -2.42. The number of ether oxygens (including phenoxy) is 1. The molecule has 1 aliphatic heterocycles. The Kier molecular flexibility index (Phi) is 3.29. The topological polar surface area (TPSA) is 75.9 Å². The van der Waals surface area contributed by atoms with Gasteiger partial charge in [-0.15, -0.1) is 0 Å². The molecule has 0 aromatic rings. The molecule has 6 nitrogen and oxygen atoms in total. The summed E-state index contributed by atoms with van der Waals surface area (Å²) in [5.41, 5.74) is 5.21. The van der Waals surface area contributed by atoms with Crippen molar-refractivity contribution in [2.24, 2.45) is 5.73 Å². The molecule has 2 amide bonds. The summed E-state index contributed by atoms with van der Waals surface area (Å²) in [4.78, 5) is 25.2. The SMILES string of the molecule is COC(=O)N1CC(N(C)C(=O)CN)C1. The van der Waals surface area contributed by atoms with Crippen LogP contribution in [0.5, 0.6) is 0 Å². The highest BCUT2D eigenvalue weighted by molar-refractivity contribution is 5.78. The van der Waals surface area contributed by atoms with Gasteiger partial charge in [0.25, 0.3) is 0 Å². The molecule has 0 unspecified atom stereocenters. The molecule has 0 bridgehead atoms. The van der Waals surface area contributed by atoms with E-state index in [-0.39, 0.29) is 24.6 Å². The Morgan fingerprint density at radius 3 is 2.57 bits per heavy atom. The molecule has 1 heterocycles. The zero-order valence-corrected chi connectivity index (χ0v) is 8.40. The van der Waals surface area contributed by atoms with Gasteiger partial charge in [-0.25, -0.2) is 4.79 Å². The van der Waals surface area contributed by atoms with Crippen molar-refractivity contribution in [2.75, 3.05) is 33.8 Å². The third-order valence-electron chi connectivity index (χ3n) is 2.41. The summed E-state index contributed by atoms with van der Waals surface area (Å²) in [6.07, 6.45) is -0.352. The predicted octanol–water partition coefficient (Wildman–Crippen LogP) is -1.15. The van der Waals surface area contributed by atoms with E-state index in [1.165, 1.54) is 12.0 Å². The van der Waals surface area contributed by atoms with Crippen molar-refractivity contribution < 1.29 is 14.3 Å². The van der Waals surface area contributed by atoms with Gasteiger partial charge in [-0.05, 0) is 0 Å². The Morgan fingerprint density at radius 1 is 1.57 bits per heavy atom. The van der Waals surface area contributed by atoms with Crippen LogP contribution in [0, 0.1) is 0 Å². The van der Waals surface area contributed by atoms with Gasteiger partial charge in [0.15, 0.2) is 0 Å². The highest BCUT2D eigenvalue weighted by Gasteiger charge is 2.35. The van der Waals surface area contributed by atoms with E-state index in [4.69, 9.17) is 5.73 Å². The molecule has 80 valence electrons. The van der Waals surface area contributed by atoms with Crippen molar-refractivity contribution in [3.63, 3.8) is 0 Å². The van der Waals surface area contributed by atoms with Crippen LogP contribution in [0.4, 0.5) is 4.79 Å². The van der Waals surface area contributed by atoms with Crippen LogP contribution in [0.3, 0.4) is 0 Å². The fraction of sp³-hybridized carbons (Fsp3) is 0.750. The molecule has 1 aliphatic rings. The number of methoxy groups -OCH3 is 1. The maximum atomic E-state index is 11.2. The van der Waals surface area contributed by atoms with Crippen LogP contribution in [-0.4, -0.2) is 61.6 Å². The van der Waals surface area contributed by atoms with E-state index >= 15 is 0 Å². The van der Waals surface area contributed by atoms with Gasteiger partial charge in [0.2, 0.25) is 5.91 Å². The monoisotopic (exact) mass is 201 g/mol. The number of amides is 2. The first-order valence-electron chi connectivity index (χ1n) is 4.38. The van der Waals surface area contributed by atoms with Gasteiger partial charge in [-0.1, -0.05) is 0 Å². The first-order chi connectivity index (χ1) is 6.60. The summed E-state index contributed by atoms with van der Waals surface area (Å²) < 4.78 is 4.53. The van der Waals surface area contributed by atoms with Crippen molar-refractivity contribution in [3.8, 4) is 0 Å². The average Bonchev–Trinajstić information content (AvgIpc) is 2.13. The number of carbonyl (C=O) groups is 2. The molecule has 1 rings (SSSR count). The van der Waals surface area contributed by atoms with Crippen LogP contribution >= 0.6 is 0 Å². The molecule has 0 radical (unpaired) electrons. The standard InChI is InChI=1S/C8H15N3O3/c1-10(7(12)3-9)6-4-11(5-6)8(13)14-2/h6H,3-5,9H2,1-2H3. The average molecular weight is 201 g/mol. The molecular formula is C8H15N3O3. The number of hydrogen-bond donors (Lipinski definition) is 1. The third kappa shape index (κ3) is 1.95. The zero-order valence-electron chi connectivity index (χ0n) is 8.40. The minimum Gasteiger partial charge on any atom is -0.453 e. The Balaban J connectivity index is 2.34. The Labute approximate surface area is 82.6 Å². The number of carbonyl (C=O) groups excluding carboxylic acids is 2. The molecule has 0 aliphatic carbocycles. The van der Waals surface area contributed by atoms with Gasteiger partial charge in [0.1, 0.15) is 0 Å². The van der Waals surface area contributed by atoms with E-state index in [0.29, 0.717) is 13.1 Å². The zero-order chi connectivity index (χ0) is 10.7. The predicted molar refractivity (Wildman–Crippen MR) is 49.6 cm³/mol. The molecule has 0 aromatic carbocycles. The molecule has 1 fully saturated rings. The van der Waals surface area contributed by atoms with Crippen LogP contribution in [0.2, 0.25) is 0 Å². The van der Waals surface area contributed by atoms with Gasteiger partial charge in [0, 0.05) is 20.1 Å². The van der Waals surface area contributed by atoms with Crippen molar-refractivity contribution in [1.82, 2.24) is 9.80 Å². The number of hydrogen-bond acceptors (Lipinski definition) is 4. The van der Waals surface area contributed by atoms with Gasteiger partial charge in [0.05, 0.1) is 19.7 Å². The highest BCUT2D eigenvalue weighted by Crippen LogP contribution is 2.14. The molecule has 14 heavy (non-hydrogen) atoms. The lowest BCUT2D eigenvalue weighted by atomic mass is 10.1. The van der Waals surface area contributed by atoms with Crippen LogP contribution in [-0.2, 0) is 9.53 Å². The summed E-state index contributed by atoms with van der Waals surface area (Å²) in [6, 6.07) is 0.0742. The number of nitrogens with zero attached hydrogens (tertiary/aromatic N) is 2. The summed E-state index contributed by atoms with van der Waals surface area (Å²) in [5, 5.41) is 0. The van der Waals surface area contributed by atoms with E-state index in [1.54, 1.807) is 11.9 Å². The van der Waals surface area contributed by atoms with Crippen LogP contribution < -0.4 is 5.73 Å². The van der Waals surface area contributed by atoms with E-state index in [9.17, 15) is 9.59 Å². The van der Waals surface area contributed by atoms with Crippen molar-refractivity contribution in [1.29, 1.82) is 0 Å². The third-order valence-corrected chi connectivity index (χ3v) is 2.41. The molecule has 0 atom stereocenters. The minimum absolute atomic E-state index is 0.00518. The van der Waals surface area contributed by atoms with E-state index < -0.39 is 0 Å². The second kappa shape index (κ2) is 4.28. The Bertz CT molecular complexity index is 238. The molecule has 0 saturated carbocycles. The fourth-order valence-electron chi connectivity index (χ4n) is 1.33. The molecule has 0 aromatic heterocycles. The molecule has 6 heteroatoms. The Hall–Kier alpha value is -1.30. The maximum Gasteiger partial charge on any atom is 0.409 e. The highest BCUT2D eigenvalue weighted by atomic mass is 16.5.